The van der Waals surface area contributed by atoms with E-state index in [2.05, 4.69) is 47.2 Å². The van der Waals surface area contributed by atoms with Gasteiger partial charge in [-0.25, -0.2) is 4.98 Å². The Kier molecular flexibility index (Phi) is 5.05. The lowest BCUT2D eigenvalue weighted by molar-refractivity contribution is 0.747. The van der Waals surface area contributed by atoms with Crippen LogP contribution in [0.15, 0.2) is 60.8 Å². The van der Waals surface area contributed by atoms with Gasteiger partial charge in [0.15, 0.2) is 0 Å². The van der Waals surface area contributed by atoms with Crippen LogP contribution in [-0.4, -0.2) is 4.98 Å². The molecule has 3 aromatic rings. The molecule has 0 aliphatic rings. The number of aryl methyl sites for hydroxylation is 1. The van der Waals surface area contributed by atoms with E-state index in [1.54, 1.807) is 11.3 Å². The first kappa shape index (κ1) is 15.7. The zero-order valence-electron chi connectivity index (χ0n) is 13.1. The average Bonchev–Trinajstić information content (AvgIpc) is 3.01. The smallest absolute Gasteiger partial charge is 0.0942 e. The molecule has 0 saturated heterocycles. The molecule has 0 aliphatic heterocycles. The lowest BCUT2D eigenvalue weighted by Crippen LogP contribution is -2.13. The van der Waals surface area contributed by atoms with Gasteiger partial charge in [-0.2, -0.15) is 0 Å². The first-order valence-corrected chi connectivity index (χ1v) is 8.60. The fraction of sp³-hybridized carbons (Fsp3) is 0.211. The van der Waals surface area contributed by atoms with Gasteiger partial charge in [0, 0.05) is 25.2 Å². The second kappa shape index (κ2) is 7.40. The maximum absolute atomic E-state index is 5.67. The van der Waals surface area contributed by atoms with E-state index in [4.69, 9.17) is 5.73 Å². The van der Waals surface area contributed by atoms with Gasteiger partial charge < -0.3 is 11.1 Å². The van der Waals surface area contributed by atoms with Gasteiger partial charge in [-0.1, -0.05) is 43.0 Å². The summed E-state index contributed by atoms with van der Waals surface area (Å²) in [7, 11) is 0. The predicted molar refractivity (Wildman–Crippen MR) is 98.3 cm³/mol. The Labute approximate surface area is 140 Å². The molecule has 1 aromatic heterocycles. The molecular formula is C19H21N3S. The lowest BCUT2D eigenvalue weighted by atomic mass is 10.1. The van der Waals surface area contributed by atoms with E-state index in [9.17, 15) is 0 Å². The monoisotopic (exact) mass is 323 g/mol. The standard InChI is InChI=1S/C19H21N3S/c1-14(21-13-16-6-4-5-15(11-16)12-20)9-10-19-22-17-7-2-3-8-18(17)23-19/h2-8,11,21H,1,9-10,12-13,20H2. The Balaban J connectivity index is 1.51. The number of benzene rings is 2. The summed E-state index contributed by atoms with van der Waals surface area (Å²) in [6.45, 7) is 5.48. The highest BCUT2D eigenvalue weighted by Gasteiger charge is 2.04. The molecule has 2 aromatic carbocycles. The number of hydrogen-bond acceptors (Lipinski definition) is 4. The normalized spacial score (nSPS) is 10.8. The number of aromatic nitrogens is 1. The quantitative estimate of drug-likeness (QED) is 0.691. The number of hydrogen-bond donors (Lipinski definition) is 2. The van der Waals surface area contributed by atoms with Crippen molar-refractivity contribution in [3.63, 3.8) is 0 Å². The third kappa shape index (κ3) is 4.18. The Morgan fingerprint density at radius 3 is 2.78 bits per heavy atom. The van der Waals surface area contributed by atoms with Crippen molar-refractivity contribution < 1.29 is 0 Å². The van der Waals surface area contributed by atoms with Gasteiger partial charge in [0.2, 0.25) is 0 Å². The van der Waals surface area contributed by atoms with Crippen LogP contribution in [0.1, 0.15) is 22.6 Å². The van der Waals surface area contributed by atoms with Crippen molar-refractivity contribution in [2.45, 2.75) is 25.9 Å². The summed E-state index contributed by atoms with van der Waals surface area (Å²) in [6, 6.07) is 16.6. The van der Waals surface area contributed by atoms with Gasteiger partial charge in [0.25, 0.3) is 0 Å². The zero-order chi connectivity index (χ0) is 16.1. The largest absolute Gasteiger partial charge is 0.385 e. The summed E-state index contributed by atoms with van der Waals surface area (Å²) < 4.78 is 1.25. The van der Waals surface area contributed by atoms with Crippen LogP contribution in [0.5, 0.6) is 0 Å². The fourth-order valence-electron chi connectivity index (χ4n) is 2.47. The number of nitrogens with two attached hydrogens (primary N) is 1. The SMILES string of the molecule is C=C(CCc1nc2ccccc2s1)NCc1cccc(CN)c1. The second-order valence-electron chi connectivity index (χ2n) is 5.56. The molecule has 0 atom stereocenters. The van der Waals surface area contributed by atoms with E-state index in [1.165, 1.54) is 15.3 Å². The minimum Gasteiger partial charge on any atom is -0.385 e. The Hall–Kier alpha value is -2.17. The van der Waals surface area contributed by atoms with E-state index in [0.29, 0.717) is 6.54 Å². The molecule has 0 spiro atoms. The van der Waals surface area contributed by atoms with Crippen LogP contribution >= 0.6 is 11.3 Å². The second-order valence-corrected chi connectivity index (χ2v) is 6.67. The van der Waals surface area contributed by atoms with Crippen molar-refractivity contribution in [3.8, 4) is 0 Å². The molecule has 4 heteroatoms. The topological polar surface area (TPSA) is 50.9 Å². The van der Waals surface area contributed by atoms with Crippen LogP contribution in [0.2, 0.25) is 0 Å². The summed E-state index contributed by atoms with van der Waals surface area (Å²) in [4.78, 5) is 4.66. The summed E-state index contributed by atoms with van der Waals surface area (Å²) in [6.07, 6.45) is 1.82. The minimum atomic E-state index is 0.576. The van der Waals surface area contributed by atoms with Gasteiger partial charge in [0.05, 0.1) is 15.2 Å². The molecule has 3 N–H and O–H groups in total. The van der Waals surface area contributed by atoms with Crippen LogP contribution in [0.4, 0.5) is 0 Å². The summed E-state index contributed by atoms with van der Waals surface area (Å²) in [5.74, 6) is 0. The van der Waals surface area contributed by atoms with Gasteiger partial charge in [-0.05, 0) is 29.7 Å². The number of rotatable bonds is 7. The molecule has 23 heavy (non-hydrogen) atoms. The van der Waals surface area contributed by atoms with Crippen LogP contribution in [0, 0.1) is 0 Å². The van der Waals surface area contributed by atoms with Crippen molar-refractivity contribution >= 4 is 21.6 Å². The zero-order valence-corrected chi connectivity index (χ0v) is 13.9. The van der Waals surface area contributed by atoms with Crippen molar-refractivity contribution in [2.75, 3.05) is 0 Å². The van der Waals surface area contributed by atoms with Crippen LogP contribution in [-0.2, 0) is 19.5 Å². The van der Waals surface area contributed by atoms with Crippen molar-refractivity contribution in [1.29, 1.82) is 0 Å². The van der Waals surface area contributed by atoms with Gasteiger partial charge in [-0.3, -0.25) is 0 Å². The van der Waals surface area contributed by atoms with E-state index in [0.717, 1.165) is 36.2 Å². The van der Waals surface area contributed by atoms with Gasteiger partial charge >= 0.3 is 0 Å². The van der Waals surface area contributed by atoms with E-state index in [-0.39, 0.29) is 0 Å². The maximum Gasteiger partial charge on any atom is 0.0942 e. The molecule has 0 unspecified atom stereocenters. The highest BCUT2D eigenvalue weighted by Crippen LogP contribution is 2.22. The van der Waals surface area contributed by atoms with E-state index >= 15 is 0 Å². The number of fused-ring (bicyclic) bond motifs is 1. The molecule has 0 saturated carbocycles. The van der Waals surface area contributed by atoms with E-state index < -0.39 is 0 Å². The lowest BCUT2D eigenvalue weighted by Gasteiger charge is -2.09. The molecule has 3 rings (SSSR count). The molecule has 1 heterocycles. The first-order chi connectivity index (χ1) is 11.2. The van der Waals surface area contributed by atoms with Crippen LogP contribution in [0.25, 0.3) is 10.2 Å². The molecule has 0 radical (unpaired) electrons. The van der Waals surface area contributed by atoms with Crippen molar-refractivity contribution in [1.82, 2.24) is 10.3 Å². The number of para-hydroxylation sites is 1. The van der Waals surface area contributed by atoms with Crippen LogP contribution in [0.3, 0.4) is 0 Å². The average molecular weight is 323 g/mol. The molecule has 0 aliphatic carbocycles. The fourth-order valence-corrected chi connectivity index (χ4v) is 3.43. The number of thiazole rings is 1. The van der Waals surface area contributed by atoms with Gasteiger partial charge in [-0.15, -0.1) is 11.3 Å². The van der Waals surface area contributed by atoms with Gasteiger partial charge in [0.1, 0.15) is 0 Å². The molecule has 0 amide bonds. The molecule has 0 bridgehead atoms. The summed E-state index contributed by atoms with van der Waals surface area (Å²) in [5.41, 5.74) is 10.2. The number of allylic oxidation sites excluding steroid dienone is 1. The number of nitrogens with one attached hydrogen (secondary N) is 1. The maximum atomic E-state index is 5.67. The highest BCUT2D eigenvalue weighted by atomic mass is 32.1. The highest BCUT2D eigenvalue weighted by molar-refractivity contribution is 7.18. The van der Waals surface area contributed by atoms with Crippen molar-refractivity contribution in [2.24, 2.45) is 5.73 Å². The Morgan fingerprint density at radius 1 is 1.13 bits per heavy atom. The number of nitrogens with zero attached hydrogens (tertiary/aromatic N) is 1. The molecule has 118 valence electrons. The summed E-state index contributed by atoms with van der Waals surface area (Å²) in [5, 5.41) is 4.56. The molecular weight excluding hydrogens is 302 g/mol. The molecule has 0 fully saturated rings. The third-order valence-electron chi connectivity index (χ3n) is 3.75. The predicted octanol–water partition coefficient (Wildman–Crippen LogP) is 3.99. The van der Waals surface area contributed by atoms with E-state index in [1.807, 2.05) is 18.2 Å². The van der Waals surface area contributed by atoms with Crippen molar-refractivity contribution in [3.05, 3.63) is 76.9 Å². The van der Waals surface area contributed by atoms with Crippen LogP contribution < -0.4 is 11.1 Å². The Morgan fingerprint density at radius 2 is 1.96 bits per heavy atom. The Bertz CT molecular complexity index is 774. The summed E-state index contributed by atoms with van der Waals surface area (Å²) >= 11 is 1.76. The minimum absolute atomic E-state index is 0.576. The first-order valence-electron chi connectivity index (χ1n) is 7.78. The third-order valence-corrected chi connectivity index (χ3v) is 4.84. The molecule has 3 nitrogen and oxygen atoms in total.